The second-order valence-electron chi connectivity index (χ2n) is 4.72. The van der Waals surface area contributed by atoms with Crippen molar-refractivity contribution in [3.8, 4) is 0 Å². The van der Waals surface area contributed by atoms with Gasteiger partial charge in [0.05, 0.1) is 6.10 Å². The molecule has 1 aromatic heterocycles. The fourth-order valence-electron chi connectivity index (χ4n) is 2.32. The first-order valence-electron chi connectivity index (χ1n) is 6.64. The molecule has 2 rings (SSSR count). The van der Waals surface area contributed by atoms with Crippen LogP contribution in [0, 0.1) is 0 Å². The highest BCUT2D eigenvalue weighted by Gasteiger charge is 2.26. The molecule has 1 aliphatic carbocycles. The molecule has 18 heavy (non-hydrogen) atoms. The molecular formula is C12H21N3O2S. The van der Waals surface area contributed by atoms with Gasteiger partial charge in [-0.2, -0.15) is 0 Å². The Morgan fingerprint density at radius 1 is 1.33 bits per heavy atom. The smallest absolute Gasteiger partial charge is 0.191 e. The van der Waals surface area contributed by atoms with Crippen LogP contribution in [0.25, 0.3) is 0 Å². The van der Waals surface area contributed by atoms with Crippen molar-refractivity contribution < 1.29 is 10.2 Å². The van der Waals surface area contributed by atoms with Gasteiger partial charge in [0.25, 0.3) is 0 Å². The Morgan fingerprint density at radius 3 is 2.78 bits per heavy atom. The lowest BCUT2D eigenvalue weighted by molar-refractivity contribution is 0.136. The maximum Gasteiger partial charge on any atom is 0.191 e. The number of thioether (sulfide) groups is 1. The van der Waals surface area contributed by atoms with Gasteiger partial charge in [-0.05, 0) is 19.3 Å². The van der Waals surface area contributed by atoms with Crippen molar-refractivity contribution in [3.63, 3.8) is 0 Å². The van der Waals surface area contributed by atoms with Gasteiger partial charge in [0.15, 0.2) is 11.0 Å². The lowest BCUT2D eigenvalue weighted by Gasteiger charge is -2.26. The quantitative estimate of drug-likeness (QED) is 0.850. The van der Waals surface area contributed by atoms with Gasteiger partial charge < -0.3 is 14.8 Å². The Balaban J connectivity index is 2.09. The van der Waals surface area contributed by atoms with Crippen LogP contribution in [-0.2, 0) is 13.2 Å². The maximum absolute atomic E-state index is 9.99. The standard InChI is InChI=1S/C12H21N3O2S/c1-2-7-15-11(8-16)13-14-12(15)18-10-6-4-3-5-9(10)17/h9-10,16-17H,2-8H2,1H3. The molecule has 0 spiro atoms. The number of nitrogens with zero attached hydrogens (tertiary/aromatic N) is 3. The molecule has 2 atom stereocenters. The summed E-state index contributed by atoms with van der Waals surface area (Å²) in [6.45, 7) is 2.82. The van der Waals surface area contributed by atoms with Crippen molar-refractivity contribution in [1.29, 1.82) is 0 Å². The van der Waals surface area contributed by atoms with Crippen molar-refractivity contribution in [1.82, 2.24) is 14.8 Å². The number of aliphatic hydroxyl groups excluding tert-OH is 2. The van der Waals surface area contributed by atoms with Crippen molar-refractivity contribution in [3.05, 3.63) is 5.82 Å². The van der Waals surface area contributed by atoms with Gasteiger partial charge in [0, 0.05) is 11.8 Å². The predicted octanol–water partition coefficient (Wildman–Crippen LogP) is 1.58. The van der Waals surface area contributed by atoms with Crippen molar-refractivity contribution in [2.75, 3.05) is 0 Å². The first kappa shape index (κ1) is 13.8. The highest BCUT2D eigenvalue weighted by Crippen LogP contribution is 2.33. The number of aromatic nitrogens is 3. The van der Waals surface area contributed by atoms with E-state index in [1.807, 2.05) is 4.57 Å². The van der Waals surface area contributed by atoms with E-state index in [0.29, 0.717) is 5.82 Å². The number of aliphatic hydroxyl groups is 2. The van der Waals surface area contributed by atoms with Crippen molar-refractivity contribution in [2.45, 2.75) is 68.7 Å². The van der Waals surface area contributed by atoms with Crippen molar-refractivity contribution >= 4 is 11.8 Å². The molecule has 2 unspecified atom stereocenters. The maximum atomic E-state index is 9.99. The zero-order valence-corrected chi connectivity index (χ0v) is 11.6. The molecule has 6 heteroatoms. The van der Waals surface area contributed by atoms with Gasteiger partial charge in [-0.25, -0.2) is 0 Å². The molecule has 0 bridgehead atoms. The zero-order chi connectivity index (χ0) is 13.0. The number of hydrogen-bond acceptors (Lipinski definition) is 5. The fourth-order valence-corrected chi connectivity index (χ4v) is 3.58. The zero-order valence-electron chi connectivity index (χ0n) is 10.7. The van der Waals surface area contributed by atoms with Crippen LogP contribution in [0.1, 0.15) is 44.9 Å². The summed E-state index contributed by atoms with van der Waals surface area (Å²) in [5.41, 5.74) is 0. The van der Waals surface area contributed by atoms with E-state index in [9.17, 15) is 10.2 Å². The van der Waals surface area contributed by atoms with Crippen LogP contribution in [0.3, 0.4) is 0 Å². The van der Waals surface area contributed by atoms with Crippen LogP contribution >= 0.6 is 11.8 Å². The lowest BCUT2D eigenvalue weighted by atomic mass is 9.97. The van der Waals surface area contributed by atoms with Crippen LogP contribution in [0.2, 0.25) is 0 Å². The van der Waals surface area contributed by atoms with Gasteiger partial charge in [-0.1, -0.05) is 31.5 Å². The van der Waals surface area contributed by atoms with Gasteiger partial charge in [-0.3, -0.25) is 0 Å². The highest BCUT2D eigenvalue weighted by atomic mass is 32.2. The summed E-state index contributed by atoms with van der Waals surface area (Å²) in [6.07, 6.45) is 4.93. The van der Waals surface area contributed by atoms with E-state index in [-0.39, 0.29) is 18.0 Å². The molecular weight excluding hydrogens is 250 g/mol. The molecule has 1 fully saturated rings. The minimum Gasteiger partial charge on any atom is -0.392 e. The monoisotopic (exact) mass is 271 g/mol. The summed E-state index contributed by atoms with van der Waals surface area (Å²) in [5, 5.41) is 28.4. The summed E-state index contributed by atoms with van der Waals surface area (Å²) < 4.78 is 1.96. The Morgan fingerprint density at radius 2 is 2.11 bits per heavy atom. The molecule has 1 heterocycles. The highest BCUT2D eigenvalue weighted by molar-refractivity contribution is 7.99. The van der Waals surface area contributed by atoms with Gasteiger partial charge in [0.1, 0.15) is 6.61 Å². The molecule has 1 aliphatic rings. The minimum absolute atomic E-state index is 0.0826. The van der Waals surface area contributed by atoms with Crippen LogP contribution in [0.15, 0.2) is 5.16 Å². The van der Waals surface area contributed by atoms with E-state index in [0.717, 1.165) is 37.4 Å². The third-order valence-electron chi connectivity index (χ3n) is 3.31. The van der Waals surface area contributed by atoms with E-state index in [2.05, 4.69) is 17.1 Å². The topological polar surface area (TPSA) is 71.2 Å². The third kappa shape index (κ3) is 3.05. The fraction of sp³-hybridized carbons (Fsp3) is 0.833. The number of rotatable bonds is 5. The minimum atomic E-state index is -0.242. The summed E-state index contributed by atoms with van der Waals surface area (Å²) in [5.74, 6) is 0.615. The van der Waals surface area contributed by atoms with Crippen LogP contribution < -0.4 is 0 Å². The first-order valence-corrected chi connectivity index (χ1v) is 7.52. The van der Waals surface area contributed by atoms with E-state index in [1.54, 1.807) is 11.8 Å². The van der Waals surface area contributed by atoms with Gasteiger partial charge in [0.2, 0.25) is 0 Å². The molecule has 0 aromatic carbocycles. The van der Waals surface area contributed by atoms with Crippen LogP contribution in [0.5, 0.6) is 0 Å². The second-order valence-corrected chi connectivity index (χ2v) is 5.92. The normalized spacial score (nSPS) is 24.4. The van der Waals surface area contributed by atoms with Gasteiger partial charge in [-0.15, -0.1) is 10.2 Å². The Hall–Kier alpha value is -0.590. The van der Waals surface area contributed by atoms with E-state index in [1.165, 1.54) is 6.42 Å². The Labute approximate surface area is 112 Å². The summed E-state index contributed by atoms with van der Waals surface area (Å²) in [4.78, 5) is 0. The molecule has 102 valence electrons. The molecule has 0 amide bonds. The third-order valence-corrected chi connectivity index (χ3v) is 4.67. The Bertz CT molecular complexity index is 383. The molecule has 1 aromatic rings. The van der Waals surface area contributed by atoms with Crippen molar-refractivity contribution in [2.24, 2.45) is 0 Å². The van der Waals surface area contributed by atoms with E-state index < -0.39 is 0 Å². The average molecular weight is 271 g/mol. The average Bonchev–Trinajstić information content (AvgIpc) is 2.75. The van der Waals surface area contributed by atoms with E-state index >= 15 is 0 Å². The molecule has 5 nitrogen and oxygen atoms in total. The molecule has 0 saturated heterocycles. The van der Waals surface area contributed by atoms with Gasteiger partial charge >= 0.3 is 0 Å². The summed E-state index contributed by atoms with van der Waals surface area (Å²) in [6, 6.07) is 0. The van der Waals surface area contributed by atoms with Crippen LogP contribution in [-0.4, -0.2) is 36.3 Å². The number of hydrogen-bond donors (Lipinski definition) is 2. The molecule has 0 radical (unpaired) electrons. The summed E-state index contributed by atoms with van der Waals surface area (Å²) in [7, 11) is 0. The SMILES string of the molecule is CCCn1c(CO)nnc1SC1CCCCC1O. The first-order chi connectivity index (χ1) is 8.76. The molecule has 1 saturated carbocycles. The second kappa shape index (κ2) is 6.54. The molecule has 0 aliphatic heterocycles. The molecule has 2 N–H and O–H groups in total. The largest absolute Gasteiger partial charge is 0.392 e. The summed E-state index contributed by atoms with van der Waals surface area (Å²) >= 11 is 1.60. The lowest BCUT2D eigenvalue weighted by Crippen LogP contribution is -2.27. The Kier molecular flexibility index (Phi) is 5.03. The predicted molar refractivity (Wildman–Crippen MR) is 70.4 cm³/mol. The van der Waals surface area contributed by atoms with E-state index in [4.69, 9.17) is 0 Å². The van der Waals surface area contributed by atoms with Crippen LogP contribution in [0.4, 0.5) is 0 Å².